The molecule has 0 aliphatic carbocycles. The van der Waals surface area contributed by atoms with E-state index in [4.69, 9.17) is 14.5 Å². The summed E-state index contributed by atoms with van der Waals surface area (Å²) >= 11 is 0. The second-order valence-corrected chi connectivity index (χ2v) is 5.56. The molecule has 0 spiro atoms. The number of rotatable bonds is 1. The maximum atomic E-state index is 6.25. The zero-order valence-corrected chi connectivity index (χ0v) is 11.5. The summed E-state index contributed by atoms with van der Waals surface area (Å²) in [5, 5.41) is 0. The molecule has 1 fully saturated rings. The van der Waals surface area contributed by atoms with Gasteiger partial charge in [0.05, 0.1) is 0 Å². The first kappa shape index (κ1) is 12.1. The number of ether oxygens (including phenoxy) is 1. The third-order valence-corrected chi connectivity index (χ3v) is 4.33. The summed E-state index contributed by atoms with van der Waals surface area (Å²) < 4.78 is 6.25. The van der Waals surface area contributed by atoms with Crippen molar-refractivity contribution in [3.63, 3.8) is 0 Å². The molecule has 102 valence electrons. The van der Waals surface area contributed by atoms with E-state index in [9.17, 15) is 0 Å². The second-order valence-electron chi connectivity index (χ2n) is 5.56. The van der Waals surface area contributed by atoms with Gasteiger partial charge in [0.2, 0.25) is 11.6 Å². The van der Waals surface area contributed by atoms with Crippen molar-refractivity contribution in [1.29, 1.82) is 0 Å². The van der Waals surface area contributed by atoms with Crippen LogP contribution in [-0.2, 0) is 26.1 Å². The van der Waals surface area contributed by atoms with Crippen molar-refractivity contribution in [3.05, 3.63) is 71.3 Å². The molecule has 4 rings (SSSR count). The molecule has 0 saturated carbocycles. The van der Waals surface area contributed by atoms with Crippen LogP contribution in [0, 0.1) is 0 Å². The third kappa shape index (κ3) is 1.40. The first-order chi connectivity index (χ1) is 9.66. The molecule has 1 unspecified atom stereocenters. The Balaban J connectivity index is 1.94. The summed E-state index contributed by atoms with van der Waals surface area (Å²) in [5.74, 6) is -1.67. The van der Waals surface area contributed by atoms with Crippen LogP contribution in [0.25, 0.3) is 0 Å². The lowest BCUT2D eigenvalue weighted by molar-refractivity contribution is -0.354. The van der Waals surface area contributed by atoms with Crippen LogP contribution in [0.3, 0.4) is 0 Å². The van der Waals surface area contributed by atoms with Gasteiger partial charge in [0, 0.05) is 17.0 Å². The monoisotopic (exact) mass is 268 g/mol. The maximum Gasteiger partial charge on any atom is 0.237 e. The molecular weight excluding hydrogens is 252 g/mol. The summed E-state index contributed by atoms with van der Waals surface area (Å²) in [6, 6.07) is 18.2. The molecule has 1 saturated heterocycles. The van der Waals surface area contributed by atoms with Gasteiger partial charge >= 0.3 is 0 Å². The van der Waals surface area contributed by atoms with Crippen LogP contribution in [0.5, 0.6) is 0 Å². The van der Waals surface area contributed by atoms with Crippen LogP contribution in [-0.4, -0.2) is 0 Å². The molecule has 3 atom stereocenters. The van der Waals surface area contributed by atoms with Gasteiger partial charge in [0.1, 0.15) is 0 Å². The van der Waals surface area contributed by atoms with Crippen molar-refractivity contribution < 1.29 is 14.5 Å². The molecule has 2 bridgehead atoms. The van der Waals surface area contributed by atoms with E-state index in [1.54, 1.807) is 0 Å². The molecule has 2 aliphatic heterocycles. The van der Waals surface area contributed by atoms with Gasteiger partial charge < -0.3 is 4.74 Å². The largest absolute Gasteiger partial charge is 0.304 e. The zero-order chi connectivity index (χ0) is 13.8. The Hall–Kier alpha value is -1.68. The van der Waals surface area contributed by atoms with E-state index in [2.05, 4.69) is 13.0 Å². The standard InChI is InChI=1S/C17H16O3/c1-12-14-10-6-7-11-15(14)16(2)18-17(12,20-19-16)13-8-4-3-5-9-13/h3-12H,1-2H3/t12?,16-,17-/m0/s1. The van der Waals surface area contributed by atoms with Crippen molar-refractivity contribution >= 4 is 0 Å². The van der Waals surface area contributed by atoms with E-state index < -0.39 is 11.6 Å². The normalized spacial score (nSPS) is 34.8. The van der Waals surface area contributed by atoms with E-state index in [1.807, 2.05) is 55.5 Å². The topological polar surface area (TPSA) is 27.7 Å². The number of hydrogen-bond acceptors (Lipinski definition) is 3. The Morgan fingerprint density at radius 1 is 0.900 bits per heavy atom. The molecule has 2 aliphatic rings. The van der Waals surface area contributed by atoms with Crippen molar-refractivity contribution in [1.82, 2.24) is 0 Å². The van der Waals surface area contributed by atoms with Gasteiger partial charge in [-0.25, -0.2) is 0 Å². The Morgan fingerprint density at radius 2 is 1.60 bits per heavy atom. The summed E-state index contributed by atoms with van der Waals surface area (Å²) in [7, 11) is 0. The minimum Gasteiger partial charge on any atom is -0.304 e. The lowest BCUT2D eigenvalue weighted by Crippen LogP contribution is -2.41. The quantitative estimate of drug-likeness (QED) is 0.736. The SMILES string of the molecule is CC1c2ccccc2[C@]2(C)OO[C@@]1(c1ccccc1)O2. The van der Waals surface area contributed by atoms with Crippen LogP contribution in [0.4, 0.5) is 0 Å². The first-order valence-corrected chi connectivity index (χ1v) is 6.88. The van der Waals surface area contributed by atoms with Crippen LogP contribution >= 0.6 is 0 Å². The van der Waals surface area contributed by atoms with Crippen molar-refractivity contribution in [2.45, 2.75) is 31.3 Å². The first-order valence-electron chi connectivity index (χ1n) is 6.88. The Labute approximate surface area is 118 Å². The fraction of sp³-hybridized carbons (Fsp3) is 0.294. The van der Waals surface area contributed by atoms with Crippen LogP contribution in [0.1, 0.15) is 36.5 Å². The van der Waals surface area contributed by atoms with E-state index >= 15 is 0 Å². The molecule has 2 heterocycles. The van der Waals surface area contributed by atoms with E-state index in [-0.39, 0.29) is 5.92 Å². The van der Waals surface area contributed by atoms with Gasteiger partial charge in [0.15, 0.2) is 0 Å². The zero-order valence-electron chi connectivity index (χ0n) is 11.5. The molecule has 0 aromatic heterocycles. The van der Waals surface area contributed by atoms with Crippen LogP contribution < -0.4 is 0 Å². The smallest absolute Gasteiger partial charge is 0.237 e. The number of hydrogen-bond donors (Lipinski definition) is 0. The summed E-state index contributed by atoms with van der Waals surface area (Å²) in [5.41, 5.74) is 3.23. The minimum absolute atomic E-state index is 0.0525. The van der Waals surface area contributed by atoms with Gasteiger partial charge in [-0.05, 0) is 12.5 Å². The van der Waals surface area contributed by atoms with E-state index in [0.717, 1.165) is 11.1 Å². The van der Waals surface area contributed by atoms with E-state index in [1.165, 1.54) is 5.56 Å². The Kier molecular flexibility index (Phi) is 2.37. The van der Waals surface area contributed by atoms with Crippen molar-refractivity contribution in [2.75, 3.05) is 0 Å². The third-order valence-electron chi connectivity index (χ3n) is 4.33. The average Bonchev–Trinajstić information content (AvgIpc) is 2.84. The van der Waals surface area contributed by atoms with E-state index in [0.29, 0.717) is 0 Å². The second kappa shape index (κ2) is 3.92. The molecule has 2 aromatic carbocycles. The molecule has 2 aromatic rings. The number of fused-ring (bicyclic) bond motifs is 4. The predicted molar refractivity (Wildman–Crippen MR) is 73.6 cm³/mol. The van der Waals surface area contributed by atoms with Crippen molar-refractivity contribution in [3.8, 4) is 0 Å². The highest BCUT2D eigenvalue weighted by molar-refractivity contribution is 5.40. The summed E-state index contributed by atoms with van der Waals surface area (Å²) in [4.78, 5) is 11.3. The lowest BCUT2D eigenvalue weighted by Gasteiger charge is -2.39. The molecule has 3 heteroatoms. The molecule has 3 nitrogen and oxygen atoms in total. The van der Waals surface area contributed by atoms with Gasteiger partial charge in [0.25, 0.3) is 0 Å². The Morgan fingerprint density at radius 3 is 2.40 bits per heavy atom. The number of benzene rings is 2. The summed E-state index contributed by atoms with van der Waals surface area (Å²) in [6.07, 6.45) is 0. The molecule has 0 amide bonds. The summed E-state index contributed by atoms with van der Waals surface area (Å²) in [6.45, 7) is 4.02. The highest BCUT2D eigenvalue weighted by atomic mass is 17.3. The highest BCUT2D eigenvalue weighted by Gasteiger charge is 2.60. The van der Waals surface area contributed by atoms with Gasteiger partial charge in [-0.15, -0.1) is 0 Å². The average molecular weight is 268 g/mol. The fourth-order valence-corrected chi connectivity index (χ4v) is 3.25. The fourth-order valence-electron chi connectivity index (χ4n) is 3.25. The molecule has 0 radical (unpaired) electrons. The van der Waals surface area contributed by atoms with Gasteiger partial charge in [-0.1, -0.05) is 61.5 Å². The molecule has 20 heavy (non-hydrogen) atoms. The van der Waals surface area contributed by atoms with Crippen LogP contribution in [0.15, 0.2) is 54.6 Å². The molecular formula is C17H16O3. The lowest BCUT2D eigenvalue weighted by atomic mass is 9.80. The van der Waals surface area contributed by atoms with Gasteiger partial charge in [-0.3, -0.25) is 0 Å². The predicted octanol–water partition coefficient (Wildman–Crippen LogP) is 3.81. The Bertz CT molecular complexity index is 654. The van der Waals surface area contributed by atoms with Crippen LogP contribution in [0.2, 0.25) is 0 Å². The van der Waals surface area contributed by atoms with Gasteiger partial charge in [-0.2, -0.15) is 9.78 Å². The minimum atomic E-state index is -0.871. The maximum absolute atomic E-state index is 6.25. The van der Waals surface area contributed by atoms with Crippen molar-refractivity contribution in [2.24, 2.45) is 0 Å². The molecule has 0 N–H and O–H groups in total. The highest BCUT2D eigenvalue weighted by Crippen LogP contribution is 2.57.